The average molecular weight is 240 g/mol. The predicted molar refractivity (Wildman–Crippen MR) is 59.7 cm³/mol. The molecule has 1 aromatic rings. The van der Waals surface area contributed by atoms with E-state index in [1.54, 1.807) is 12.1 Å². The summed E-state index contributed by atoms with van der Waals surface area (Å²) in [6, 6.07) is 6.63. The minimum atomic E-state index is -2.46. The topological polar surface area (TPSA) is 46.3 Å². The Morgan fingerprint density at radius 1 is 1.47 bits per heavy atom. The van der Waals surface area contributed by atoms with Gasteiger partial charge >= 0.3 is 0 Å². The molecule has 1 atom stereocenters. The summed E-state index contributed by atoms with van der Waals surface area (Å²) in [5.41, 5.74) is 7.09. The molecule has 0 aromatic heterocycles. The second-order valence-corrected chi connectivity index (χ2v) is 4.14. The number of primary amides is 1. The molecule has 0 bridgehead atoms. The third-order valence-electron chi connectivity index (χ3n) is 3.03. The van der Waals surface area contributed by atoms with Gasteiger partial charge in [0.05, 0.1) is 6.54 Å². The monoisotopic (exact) mass is 240 g/mol. The highest BCUT2D eigenvalue weighted by molar-refractivity contribution is 5.82. The second-order valence-electron chi connectivity index (χ2n) is 4.14. The molecule has 1 amide bonds. The van der Waals surface area contributed by atoms with E-state index in [0.29, 0.717) is 13.0 Å². The van der Waals surface area contributed by atoms with Crippen LogP contribution in [-0.2, 0) is 11.2 Å². The molecule has 92 valence electrons. The van der Waals surface area contributed by atoms with Gasteiger partial charge in [-0.2, -0.15) is 0 Å². The summed E-state index contributed by atoms with van der Waals surface area (Å²) in [4.78, 5) is 12.9. The molecule has 5 heteroatoms. The van der Waals surface area contributed by atoms with Gasteiger partial charge in [-0.25, -0.2) is 8.78 Å². The van der Waals surface area contributed by atoms with Crippen molar-refractivity contribution in [1.82, 2.24) is 4.90 Å². The summed E-state index contributed by atoms with van der Waals surface area (Å²) in [5.74, 6) is -0.571. The number of halogens is 2. The van der Waals surface area contributed by atoms with Gasteiger partial charge in [0.1, 0.15) is 6.04 Å². The number of hydrogen-bond acceptors (Lipinski definition) is 2. The van der Waals surface area contributed by atoms with Crippen molar-refractivity contribution < 1.29 is 13.6 Å². The summed E-state index contributed by atoms with van der Waals surface area (Å²) in [7, 11) is 0. The van der Waals surface area contributed by atoms with Gasteiger partial charge in [0, 0.05) is 6.54 Å². The molecule has 17 heavy (non-hydrogen) atoms. The van der Waals surface area contributed by atoms with E-state index in [9.17, 15) is 13.6 Å². The zero-order chi connectivity index (χ0) is 12.4. The third kappa shape index (κ3) is 2.44. The molecule has 1 unspecified atom stereocenters. The predicted octanol–water partition coefficient (Wildman–Crippen LogP) is 1.34. The molecule has 0 aliphatic carbocycles. The van der Waals surface area contributed by atoms with Gasteiger partial charge in [-0.1, -0.05) is 24.3 Å². The normalized spacial score (nSPS) is 20.3. The van der Waals surface area contributed by atoms with Crippen molar-refractivity contribution in [2.45, 2.75) is 18.9 Å². The molecule has 0 fully saturated rings. The maximum atomic E-state index is 12.4. The fourth-order valence-electron chi connectivity index (χ4n) is 2.33. The van der Waals surface area contributed by atoms with Gasteiger partial charge < -0.3 is 5.73 Å². The van der Waals surface area contributed by atoms with Crippen LogP contribution in [0.4, 0.5) is 8.78 Å². The molecular weight excluding hydrogens is 226 g/mol. The number of fused-ring (bicyclic) bond motifs is 1. The van der Waals surface area contributed by atoms with E-state index in [2.05, 4.69) is 0 Å². The third-order valence-corrected chi connectivity index (χ3v) is 3.03. The van der Waals surface area contributed by atoms with Gasteiger partial charge in [-0.15, -0.1) is 0 Å². The average Bonchev–Trinajstić information content (AvgIpc) is 2.27. The minimum Gasteiger partial charge on any atom is -0.368 e. The molecule has 0 radical (unpaired) electrons. The van der Waals surface area contributed by atoms with Crippen molar-refractivity contribution in [1.29, 1.82) is 0 Å². The largest absolute Gasteiger partial charge is 0.368 e. The van der Waals surface area contributed by atoms with Gasteiger partial charge in [0.2, 0.25) is 5.91 Å². The number of hydrogen-bond donors (Lipinski definition) is 1. The Morgan fingerprint density at radius 2 is 2.18 bits per heavy atom. The van der Waals surface area contributed by atoms with Crippen molar-refractivity contribution in [3.63, 3.8) is 0 Å². The standard InChI is InChI=1S/C12H14F2N2O/c13-10(14)7-16-6-5-8-3-1-2-4-9(8)11(16)12(15)17/h1-4,10-11H,5-7H2,(H2,15,17). The first-order valence-corrected chi connectivity index (χ1v) is 5.49. The van der Waals surface area contributed by atoms with E-state index < -0.39 is 24.9 Å². The number of rotatable bonds is 3. The fourth-order valence-corrected chi connectivity index (χ4v) is 2.33. The van der Waals surface area contributed by atoms with Gasteiger partial charge in [0.15, 0.2) is 0 Å². The zero-order valence-electron chi connectivity index (χ0n) is 9.27. The maximum Gasteiger partial charge on any atom is 0.251 e. The molecule has 0 saturated carbocycles. The first-order valence-electron chi connectivity index (χ1n) is 5.49. The van der Waals surface area contributed by atoms with E-state index in [-0.39, 0.29) is 0 Å². The quantitative estimate of drug-likeness (QED) is 0.866. The highest BCUT2D eigenvalue weighted by atomic mass is 19.3. The molecule has 3 nitrogen and oxygen atoms in total. The van der Waals surface area contributed by atoms with Crippen LogP contribution in [0.2, 0.25) is 0 Å². The fraction of sp³-hybridized carbons (Fsp3) is 0.417. The highest BCUT2D eigenvalue weighted by Crippen LogP contribution is 2.29. The molecule has 2 N–H and O–H groups in total. The van der Waals surface area contributed by atoms with E-state index in [1.807, 2.05) is 12.1 Å². The Labute approximate surface area is 98.2 Å². The molecule has 1 aromatic carbocycles. The number of amides is 1. The van der Waals surface area contributed by atoms with Crippen LogP contribution in [0, 0.1) is 0 Å². The van der Waals surface area contributed by atoms with Crippen LogP contribution in [0.25, 0.3) is 0 Å². The lowest BCUT2D eigenvalue weighted by Gasteiger charge is -2.35. The lowest BCUT2D eigenvalue weighted by Crippen LogP contribution is -2.44. The van der Waals surface area contributed by atoms with Crippen LogP contribution >= 0.6 is 0 Å². The zero-order valence-corrected chi connectivity index (χ0v) is 9.27. The second kappa shape index (κ2) is 4.79. The number of carbonyl (C=O) groups is 1. The summed E-state index contributed by atoms with van der Waals surface area (Å²) in [5, 5.41) is 0. The Kier molecular flexibility index (Phi) is 3.38. The van der Waals surface area contributed by atoms with Crippen molar-refractivity contribution in [3.8, 4) is 0 Å². The number of nitrogens with zero attached hydrogens (tertiary/aromatic N) is 1. The minimum absolute atomic E-state index is 0.415. The Bertz CT molecular complexity index is 423. The van der Waals surface area contributed by atoms with E-state index >= 15 is 0 Å². The number of carbonyl (C=O) groups excluding carboxylic acids is 1. The number of alkyl halides is 2. The van der Waals surface area contributed by atoms with Crippen molar-refractivity contribution in [3.05, 3.63) is 35.4 Å². The molecule has 1 aliphatic rings. The highest BCUT2D eigenvalue weighted by Gasteiger charge is 2.32. The van der Waals surface area contributed by atoms with Crippen LogP contribution < -0.4 is 5.73 Å². The Balaban J connectivity index is 2.32. The SMILES string of the molecule is NC(=O)C1c2ccccc2CCN1CC(F)F. The van der Waals surface area contributed by atoms with Crippen molar-refractivity contribution >= 4 is 5.91 Å². The van der Waals surface area contributed by atoms with Crippen LogP contribution in [0.3, 0.4) is 0 Å². The van der Waals surface area contributed by atoms with E-state index in [1.165, 1.54) is 4.90 Å². The molecular formula is C12H14F2N2O. The van der Waals surface area contributed by atoms with Crippen LogP contribution in [-0.4, -0.2) is 30.3 Å². The molecule has 2 rings (SSSR count). The Hall–Kier alpha value is -1.49. The van der Waals surface area contributed by atoms with Crippen molar-refractivity contribution in [2.75, 3.05) is 13.1 Å². The first kappa shape index (κ1) is 12.0. The maximum absolute atomic E-state index is 12.4. The summed E-state index contributed by atoms with van der Waals surface area (Å²) < 4.78 is 24.9. The number of benzene rings is 1. The summed E-state index contributed by atoms with van der Waals surface area (Å²) in [6.07, 6.45) is -1.78. The first-order chi connectivity index (χ1) is 8.09. The smallest absolute Gasteiger partial charge is 0.251 e. The van der Waals surface area contributed by atoms with E-state index in [4.69, 9.17) is 5.73 Å². The van der Waals surface area contributed by atoms with Crippen LogP contribution in [0.1, 0.15) is 17.2 Å². The van der Waals surface area contributed by atoms with E-state index in [0.717, 1.165) is 11.1 Å². The summed E-state index contributed by atoms with van der Waals surface area (Å²) >= 11 is 0. The molecule has 1 heterocycles. The molecule has 0 saturated heterocycles. The van der Waals surface area contributed by atoms with Crippen molar-refractivity contribution in [2.24, 2.45) is 5.73 Å². The number of nitrogens with two attached hydrogens (primary N) is 1. The lowest BCUT2D eigenvalue weighted by molar-refractivity contribution is -0.124. The lowest BCUT2D eigenvalue weighted by atomic mass is 9.92. The van der Waals surface area contributed by atoms with Gasteiger partial charge in [0.25, 0.3) is 6.43 Å². The molecule has 0 spiro atoms. The summed E-state index contributed by atoms with van der Waals surface area (Å²) in [6.45, 7) is 0.0247. The van der Waals surface area contributed by atoms with Crippen LogP contribution in [0.5, 0.6) is 0 Å². The van der Waals surface area contributed by atoms with Gasteiger partial charge in [-0.05, 0) is 17.5 Å². The Morgan fingerprint density at radius 3 is 2.82 bits per heavy atom. The van der Waals surface area contributed by atoms with Crippen LogP contribution in [0.15, 0.2) is 24.3 Å². The molecule has 1 aliphatic heterocycles. The van der Waals surface area contributed by atoms with Gasteiger partial charge in [-0.3, -0.25) is 9.69 Å².